The predicted molar refractivity (Wildman–Crippen MR) is 71.6 cm³/mol. The van der Waals surface area contributed by atoms with Gasteiger partial charge < -0.3 is 9.88 Å². The molecule has 0 saturated heterocycles. The molecule has 6 heteroatoms. The van der Waals surface area contributed by atoms with Crippen LogP contribution in [0.5, 0.6) is 0 Å². The quantitative estimate of drug-likeness (QED) is 0.852. The fourth-order valence-corrected chi connectivity index (χ4v) is 2.10. The molecule has 102 valence electrons. The molecular weight excluding hydrogens is 240 g/mol. The Balaban J connectivity index is 1.63. The van der Waals surface area contributed by atoms with E-state index < -0.39 is 0 Å². The van der Waals surface area contributed by atoms with Crippen molar-refractivity contribution in [3.63, 3.8) is 0 Å². The van der Waals surface area contributed by atoms with Gasteiger partial charge in [-0.1, -0.05) is 0 Å². The van der Waals surface area contributed by atoms with Gasteiger partial charge in [-0.25, -0.2) is 14.6 Å². The van der Waals surface area contributed by atoms with Crippen LogP contribution in [0.4, 0.5) is 0 Å². The normalized spacial score (nSPS) is 15.3. The zero-order valence-electron chi connectivity index (χ0n) is 11.5. The summed E-state index contributed by atoms with van der Waals surface area (Å²) in [6, 6.07) is 1.05. The summed E-state index contributed by atoms with van der Waals surface area (Å²) in [7, 11) is 0. The van der Waals surface area contributed by atoms with Crippen LogP contribution in [0.15, 0.2) is 18.9 Å². The van der Waals surface area contributed by atoms with Crippen LogP contribution in [0.1, 0.15) is 44.2 Å². The van der Waals surface area contributed by atoms with Gasteiger partial charge in [-0.2, -0.15) is 5.10 Å². The largest absolute Gasteiger partial charge is 0.330 e. The molecule has 0 radical (unpaired) electrons. The molecule has 3 rings (SSSR count). The van der Waals surface area contributed by atoms with Gasteiger partial charge in [0.15, 0.2) is 0 Å². The highest BCUT2D eigenvalue weighted by molar-refractivity contribution is 5.00. The third kappa shape index (κ3) is 3.01. The highest BCUT2D eigenvalue weighted by Crippen LogP contribution is 2.19. The van der Waals surface area contributed by atoms with Gasteiger partial charge in [0.2, 0.25) is 0 Å². The SMILES string of the molecule is CC(C)n1ncnc1Cn1cnc(CNC2CC2)c1. The first-order valence-electron chi connectivity index (χ1n) is 6.85. The molecule has 1 fully saturated rings. The molecule has 6 nitrogen and oxygen atoms in total. The first kappa shape index (κ1) is 12.3. The van der Waals surface area contributed by atoms with E-state index in [4.69, 9.17) is 0 Å². The van der Waals surface area contributed by atoms with Gasteiger partial charge in [0.1, 0.15) is 12.2 Å². The highest BCUT2D eigenvalue weighted by Gasteiger charge is 2.20. The zero-order chi connectivity index (χ0) is 13.2. The first-order valence-corrected chi connectivity index (χ1v) is 6.85. The molecule has 1 aliphatic carbocycles. The zero-order valence-corrected chi connectivity index (χ0v) is 11.5. The van der Waals surface area contributed by atoms with Crippen LogP contribution < -0.4 is 5.32 Å². The van der Waals surface area contributed by atoms with E-state index in [-0.39, 0.29) is 0 Å². The van der Waals surface area contributed by atoms with Crippen molar-refractivity contribution >= 4 is 0 Å². The maximum absolute atomic E-state index is 4.41. The molecule has 1 saturated carbocycles. The Labute approximate surface area is 112 Å². The van der Waals surface area contributed by atoms with E-state index >= 15 is 0 Å². The topological polar surface area (TPSA) is 60.6 Å². The van der Waals surface area contributed by atoms with E-state index in [9.17, 15) is 0 Å². The second kappa shape index (κ2) is 5.13. The summed E-state index contributed by atoms with van der Waals surface area (Å²) in [5.41, 5.74) is 1.09. The summed E-state index contributed by atoms with van der Waals surface area (Å²) < 4.78 is 4.01. The van der Waals surface area contributed by atoms with Gasteiger partial charge in [0.05, 0.1) is 18.6 Å². The molecule has 1 aliphatic rings. The Morgan fingerprint density at radius 1 is 1.37 bits per heavy atom. The molecule has 2 aromatic heterocycles. The summed E-state index contributed by atoms with van der Waals surface area (Å²) in [6.07, 6.45) is 8.16. The summed E-state index contributed by atoms with van der Waals surface area (Å²) in [4.78, 5) is 8.73. The van der Waals surface area contributed by atoms with E-state index in [1.165, 1.54) is 12.8 Å². The van der Waals surface area contributed by atoms with Crippen molar-refractivity contribution in [2.45, 2.75) is 51.9 Å². The van der Waals surface area contributed by atoms with Gasteiger partial charge in [-0.3, -0.25) is 0 Å². The average Bonchev–Trinajstić information content (AvgIpc) is 2.91. The molecular formula is C13H20N6. The Morgan fingerprint density at radius 2 is 2.21 bits per heavy atom. The lowest BCUT2D eigenvalue weighted by Gasteiger charge is -2.09. The lowest BCUT2D eigenvalue weighted by Crippen LogP contribution is -2.15. The molecule has 0 amide bonds. The van der Waals surface area contributed by atoms with Gasteiger partial charge in [-0.05, 0) is 26.7 Å². The molecule has 0 bridgehead atoms. The minimum absolute atomic E-state index is 0.331. The van der Waals surface area contributed by atoms with E-state index in [2.05, 4.69) is 45.0 Å². The lowest BCUT2D eigenvalue weighted by atomic mass is 10.4. The summed E-state index contributed by atoms with van der Waals surface area (Å²) in [5, 5.41) is 7.71. The smallest absolute Gasteiger partial charge is 0.147 e. The number of imidazole rings is 1. The van der Waals surface area contributed by atoms with Crippen LogP contribution in [0.25, 0.3) is 0 Å². The third-order valence-corrected chi connectivity index (χ3v) is 3.30. The molecule has 1 N–H and O–H groups in total. The summed E-state index contributed by atoms with van der Waals surface area (Å²) in [5.74, 6) is 0.967. The van der Waals surface area contributed by atoms with Crippen molar-refractivity contribution in [3.05, 3.63) is 30.4 Å². The number of hydrogen-bond donors (Lipinski definition) is 1. The van der Waals surface area contributed by atoms with Crippen LogP contribution in [0.3, 0.4) is 0 Å². The number of hydrogen-bond acceptors (Lipinski definition) is 4. The van der Waals surface area contributed by atoms with E-state index in [1.807, 2.05) is 11.0 Å². The van der Waals surface area contributed by atoms with Crippen LogP contribution in [-0.4, -0.2) is 30.4 Å². The van der Waals surface area contributed by atoms with Crippen LogP contribution in [0, 0.1) is 0 Å². The van der Waals surface area contributed by atoms with Crippen molar-refractivity contribution in [2.24, 2.45) is 0 Å². The van der Waals surface area contributed by atoms with Crippen LogP contribution >= 0.6 is 0 Å². The minimum atomic E-state index is 0.331. The van der Waals surface area contributed by atoms with Crippen molar-refractivity contribution < 1.29 is 0 Å². The number of aromatic nitrogens is 5. The maximum Gasteiger partial charge on any atom is 0.147 e. The van der Waals surface area contributed by atoms with Crippen molar-refractivity contribution in [1.29, 1.82) is 0 Å². The van der Waals surface area contributed by atoms with Gasteiger partial charge >= 0.3 is 0 Å². The second-order valence-electron chi connectivity index (χ2n) is 5.41. The standard InChI is InChI=1S/C13H20N6/c1-10(2)19-13(15-8-17-19)7-18-6-12(16-9-18)5-14-11-3-4-11/h6,8-11,14H,3-5,7H2,1-2H3. The number of nitrogens with one attached hydrogen (secondary N) is 1. The first-order chi connectivity index (χ1) is 9.22. The van der Waals surface area contributed by atoms with Gasteiger partial charge in [-0.15, -0.1) is 0 Å². The molecule has 0 atom stereocenters. The minimum Gasteiger partial charge on any atom is -0.330 e. The predicted octanol–water partition coefficient (Wildman–Crippen LogP) is 1.36. The van der Waals surface area contributed by atoms with E-state index in [1.54, 1.807) is 6.33 Å². The maximum atomic E-state index is 4.41. The fourth-order valence-electron chi connectivity index (χ4n) is 2.10. The molecule has 2 aromatic rings. The van der Waals surface area contributed by atoms with Gasteiger partial charge in [0, 0.05) is 24.8 Å². The monoisotopic (exact) mass is 260 g/mol. The highest BCUT2D eigenvalue weighted by atomic mass is 15.4. The van der Waals surface area contributed by atoms with E-state index in [0.717, 1.165) is 18.1 Å². The number of rotatable bonds is 6. The van der Waals surface area contributed by atoms with Crippen LogP contribution in [-0.2, 0) is 13.1 Å². The molecule has 0 aromatic carbocycles. The molecule has 19 heavy (non-hydrogen) atoms. The molecule has 0 spiro atoms. The second-order valence-corrected chi connectivity index (χ2v) is 5.41. The van der Waals surface area contributed by atoms with Gasteiger partial charge in [0.25, 0.3) is 0 Å². The Hall–Kier alpha value is -1.69. The Bertz CT molecular complexity index is 537. The van der Waals surface area contributed by atoms with Crippen molar-refractivity contribution in [2.75, 3.05) is 0 Å². The summed E-state index contributed by atoms with van der Waals surface area (Å²) >= 11 is 0. The number of nitrogens with zero attached hydrogens (tertiary/aromatic N) is 5. The Morgan fingerprint density at radius 3 is 2.95 bits per heavy atom. The third-order valence-electron chi connectivity index (χ3n) is 3.30. The van der Waals surface area contributed by atoms with E-state index in [0.29, 0.717) is 18.6 Å². The fraction of sp³-hybridized carbons (Fsp3) is 0.615. The Kier molecular flexibility index (Phi) is 3.33. The summed E-state index contributed by atoms with van der Waals surface area (Å²) in [6.45, 7) is 5.79. The molecule has 2 heterocycles. The average molecular weight is 260 g/mol. The van der Waals surface area contributed by atoms with Crippen molar-refractivity contribution in [1.82, 2.24) is 29.6 Å². The van der Waals surface area contributed by atoms with Crippen molar-refractivity contribution in [3.8, 4) is 0 Å². The molecule has 0 unspecified atom stereocenters. The van der Waals surface area contributed by atoms with Crippen LogP contribution in [0.2, 0.25) is 0 Å². The molecule has 0 aliphatic heterocycles. The lowest BCUT2D eigenvalue weighted by molar-refractivity contribution is 0.496.